The first kappa shape index (κ1) is 13.2. The van der Waals surface area contributed by atoms with E-state index in [0.717, 1.165) is 6.42 Å². The van der Waals surface area contributed by atoms with Gasteiger partial charge in [0.25, 0.3) is 0 Å². The summed E-state index contributed by atoms with van der Waals surface area (Å²) >= 11 is 1.89. The van der Waals surface area contributed by atoms with Crippen molar-refractivity contribution in [3.63, 3.8) is 0 Å². The normalized spacial score (nSPS) is 10.6. The summed E-state index contributed by atoms with van der Waals surface area (Å²) < 4.78 is 0. The quantitative estimate of drug-likeness (QED) is 0.705. The van der Waals surface area contributed by atoms with Gasteiger partial charge in [0.1, 0.15) is 0 Å². The summed E-state index contributed by atoms with van der Waals surface area (Å²) in [6, 6.07) is 15.4. The molecule has 0 aliphatic rings. The topological polar surface area (TPSA) is 0 Å². The SMILES string of the molecule is CCCc1cc(C)ccc1Sc1ccccc1C. The number of hydrogen-bond acceptors (Lipinski definition) is 1. The van der Waals surface area contributed by atoms with E-state index in [1.807, 2.05) is 11.8 Å². The van der Waals surface area contributed by atoms with Gasteiger partial charge in [0.15, 0.2) is 0 Å². The van der Waals surface area contributed by atoms with Crippen molar-refractivity contribution >= 4 is 11.8 Å². The highest BCUT2D eigenvalue weighted by Crippen LogP contribution is 2.33. The molecule has 1 heteroatoms. The van der Waals surface area contributed by atoms with Crippen molar-refractivity contribution in [1.82, 2.24) is 0 Å². The summed E-state index contributed by atoms with van der Waals surface area (Å²) in [5, 5.41) is 0. The molecule has 0 bridgehead atoms. The van der Waals surface area contributed by atoms with E-state index < -0.39 is 0 Å². The van der Waals surface area contributed by atoms with Crippen molar-refractivity contribution < 1.29 is 0 Å². The van der Waals surface area contributed by atoms with E-state index in [4.69, 9.17) is 0 Å². The maximum atomic E-state index is 2.32. The zero-order chi connectivity index (χ0) is 13.0. The minimum absolute atomic E-state index is 1.16. The molecule has 0 aliphatic heterocycles. The van der Waals surface area contributed by atoms with Crippen molar-refractivity contribution in [3.05, 3.63) is 59.2 Å². The molecule has 0 aliphatic carbocycles. The third-order valence-electron chi connectivity index (χ3n) is 3.05. The largest absolute Gasteiger partial charge is 0.0895 e. The maximum Gasteiger partial charge on any atom is 0.0154 e. The van der Waals surface area contributed by atoms with Gasteiger partial charge in [0.05, 0.1) is 0 Å². The van der Waals surface area contributed by atoms with E-state index in [2.05, 4.69) is 63.2 Å². The predicted octanol–water partition coefficient (Wildman–Crippen LogP) is 5.41. The second-order valence-electron chi connectivity index (χ2n) is 4.73. The third kappa shape index (κ3) is 3.17. The molecule has 0 heterocycles. The molecule has 0 nitrogen and oxygen atoms in total. The number of rotatable bonds is 4. The van der Waals surface area contributed by atoms with Gasteiger partial charge >= 0.3 is 0 Å². The lowest BCUT2D eigenvalue weighted by atomic mass is 10.1. The Labute approximate surface area is 114 Å². The highest BCUT2D eigenvalue weighted by Gasteiger charge is 2.06. The van der Waals surface area contributed by atoms with Gasteiger partial charge in [-0.05, 0) is 43.5 Å². The lowest BCUT2D eigenvalue weighted by Crippen LogP contribution is -1.89. The highest BCUT2D eigenvalue weighted by molar-refractivity contribution is 7.99. The second kappa shape index (κ2) is 6.10. The van der Waals surface area contributed by atoms with Crippen LogP contribution in [0.25, 0.3) is 0 Å². The highest BCUT2D eigenvalue weighted by atomic mass is 32.2. The van der Waals surface area contributed by atoms with E-state index in [-0.39, 0.29) is 0 Å². The fourth-order valence-electron chi connectivity index (χ4n) is 2.06. The van der Waals surface area contributed by atoms with Crippen LogP contribution in [0.5, 0.6) is 0 Å². The molecule has 0 aromatic heterocycles. The molecule has 0 spiro atoms. The van der Waals surface area contributed by atoms with Crippen molar-refractivity contribution in [1.29, 1.82) is 0 Å². The molecule has 0 saturated carbocycles. The lowest BCUT2D eigenvalue weighted by Gasteiger charge is -2.11. The van der Waals surface area contributed by atoms with Gasteiger partial charge in [-0.1, -0.05) is 61.0 Å². The molecule has 2 aromatic rings. The van der Waals surface area contributed by atoms with Crippen LogP contribution in [-0.2, 0) is 6.42 Å². The summed E-state index contributed by atoms with van der Waals surface area (Å²) in [5.41, 5.74) is 4.18. The van der Waals surface area contributed by atoms with Crippen molar-refractivity contribution in [3.8, 4) is 0 Å². The van der Waals surface area contributed by atoms with Crippen molar-refractivity contribution in [2.75, 3.05) is 0 Å². The first-order valence-corrected chi connectivity index (χ1v) is 7.35. The van der Waals surface area contributed by atoms with Crippen LogP contribution in [0.1, 0.15) is 30.0 Å². The van der Waals surface area contributed by atoms with Crippen LogP contribution in [0.3, 0.4) is 0 Å². The Balaban J connectivity index is 2.31. The molecule has 0 radical (unpaired) electrons. The van der Waals surface area contributed by atoms with E-state index in [1.165, 1.54) is 32.9 Å². The van der Waals surface area contributed by atoms with Gasteiger partial charge in [-0.25, -0.2) is 0 Å². The van der Waals surface area contributed by atoms with E-state index >= 15 is 0 Å². The Bertz CT molecular complexity index is 529. The molecule has 0 amide bonds. The molecular formula is C17H20S. The minimum atomic E-state index is 1.16. The molecule has 94 valence electrons. The van der Waals surface area contributed by atoms with Crippen LogP contribution in [0, 0.1) is 13.8 Å². The fourth-order valence-corrected chi connectivity index (χ4v) is 3.10. The smallest absolute Gasteiger partial charge is 0.0154 e. The molecule has 2 rings (SSSR count). The Morgan fingerprint density at radius 3 is 2.44 bits per heavy atom. The molecule has 0 atom stereocenters. The minimum Gasteiger partial charge on any atom is -0.0895 e. The molecule has 0 saturated heterocycles. The first-order chi connectivity index (χ1) is 8.70. The number of benzene rings is 2. The Hall–Kier alpha value is -1.21. The molecule has 18 heavy (non-hydrogen) atoms. The standard InChI is InChI=1S/C17H20S/c1-4-7-15-12-13(2)10-11-17(15)18-16-9-6-5-8-14(16)3/h5-6,8-12H,4,7H2,1-3H3. The van der Waals surface area contributed by atoms with Crippen LogP contribution >= 0.6 is 11.8 Å². The molecule has 2 aromatic carbocycles. The fraction of sp³-hybridized carbons (Fsp3) is 0.294. The number of hydrogen-bond donors (Lipinski definition) is 0. The summed E-state index contributed by atoms with van der Waals surface area (Å²) in [6.07, 6.45) is 2.36. The first-order valence-electron chi connectivity index (χ1n) is 6.53. The Morgan fingerprint density at radius 2 is 1.72 bits per heavy atom. The summed E-state index contributed by atoms with van der Waals surface area (Å²) in [5.74, 6) is 0. The Morgan fingerprint density at radius 1 is 0.944 bits per heavy atom. The zero-order valence-electron chi connectivity index (χ0n) is 11.4. The van der Waals surface area contributed by atoms with Crippen LogP contribution in [-0.4, -0.2) is 0 Å². The predicted molar refractivity (Wildman–Crippen MR) is 80.5 cm³/mol. The van der Waals surface area contributed by atoms with Crippen LogP contribution in [0.15, 0.2) is 52.3 Å². The third-order valence-corrected chi connectivity index (χ3v) is 4.34. The molecule has 0 N–H and O–H groups in total. The molecule has 0 unspecified atom stereocenters. The lowest BCUT2D eigenvalue weighted by molar-refractivity contribution is 0.898. The van der Waals surface area contributed by atoms with Gasteiger partial charge in [-0.2, -0.15) is 0 Å². The molecule has 0 fully saturated rings. The Kier molecular flexibility index (Phi) is 4.48. The van der Waals surface area contributed by atoms with Gasteiger partial charge in [0.2, 0.25) is 0 Å². The summed E-state index contributed by atoms with van der Waals surface area (Å²) in [6.45, 7) is 6.59. The van der Waals surface area contributed by atoms with E-state index in [1.54, 1.807) is 0 Å². The monoisotopic (exact) mass is 256 g/mol. The van der Waals surface area contributed by atoms with Crippen molar-refractivity contribution in [2.45, 2.75) is 43.4 Å². The van der Waals surface area contributed by atoms with Gasteiger partial charge in [0, 0.05) is 9.79 Å². The average Bonchev–Trinajstić information content (AvgIpc) is 2.35. The maximum absolute atomic E-state index is 2.32. The van der Waals surface area contributed by atoms with Crippen LogP contribution in [0.2, 0.25) is 0 Å². The van der Waals surface area contributed by atoms with Gasteiger partial charge < -0.3 is 0 Å². The second-order valence-corrected chi connectivity index (χ2v) is 5.81. The van der Waals surface area contributed by atoms with Crippen LogP contribution in [0.4, 0.5) is 0 Å². The van der Waals surface area contributed by atoms with Crippen LogP contribution < -0.4 is 0 Å². The summed E-state index contributed by atoms with van der Waals surface area (Å²) in [7, 11) is 0. The molecular weight excluding hydrogens is 236 g/mol. The zero-order valence-corrected chi connectivity index (χ0v) is 12.2. The van der Waals surface area contributed by atoms with Crippen molar-refractivity contribution in [2.24, 2.45) is 0 Å². The summed E-state index contributed by atoms with van der Waals surface area (Å²) in [4.78, 5) is 2.76. The van der Waals surface area contributed by atoms with Gasteiger partial charge in [-0.3, -0.25) is 0 Å². The van der Waals surface area contributed by atoms with E-state index in [0.29, 0.717) is 0 Å². The number of aryl methyl sites for hydroxylation is 3. The van der Waals surface area contributed by atoms with E-state index in [9.17, 15) is 0 Å². The van der Waals surface area contributed by atoms with Gasteiger partial charge in [-0.15, -0.1) is 0 Å². The average molecular weight is 256 g/mol.